The molecule has 0 radical (unpaired) electrons. The van der Waals surface area contributed by atoms with E-state index >= 15 is 0 Å². The quantitative estimate of drug-likeness (QED) is 0.133. The van der Waals surface area contributed by atoms with Gasteiger partial charge in [-0.25, -0.2) is 9.97 Å². The second kappa shape index (κ2) is 17.4. The summed E-state index contributed by atoms with van der Waals surface area (Å²) in [6, 6.07) is 27.3. The van der Waals surface area contributed by atoms with E-state index in [9.17, 15) is 19.2 Å². The molecule has 2 aromatic carbocycles. The van der Waals surface area contributed by atoms with E-state index in [1.54, 1.807) is 26.2 Å². The summed E-state index contributed by atoms with van der Waals surface area (Å²) in [5.74, 6) is 2.76. The number of nitrogens with zero attached hydrogens (tertiary/aromatic N) is 2. The highest BCUT2D eigenvalue weighted by Crippen LogP contribution is 2.53. The van der Waals surface area contributed by atoms with Gasteiger partial charge >= 0.3 is 0 Å². The van der Waals surface area contributed by atoms with Crippen molar-refractivity contribution in [2.45, 2.75) is 51.4 Å². The molecule has 2 saturated carbocycles. The summed E-state index contributed by atoms with van der Waals surface area (Å²) in [5, 5.41) is 5.26. The Labute approximate surface area is 329 Å². The van der Waals surface area contributed by atoms with Crippen molar-refractivity contribution in [2.24, 2.45) is 35.5 Å². The van der Waals surface area contributed by atoms with E-state index in [-0.39, 0.29) is 35.2 Å². The summed E-state index contributed by atoms with van der Waals surface area (Å²) in [4.78, 5) is 59.7. The van der Waals surface area contributed by atoms with Crippen molar-refractivity contribution < 1.29 is 28.7 Å². The van der Waals surface area contributed by atoms with E-state index in [1.807, 2.05) is 48.5 Å². The summed E-state index contributed by atoms with van der Waals surface area (Å²) in [5.41, 5.74) is 5.61. The number of hydrogen-bond acceptors (Lipinski definition) is 8. The van der Waals surface area contributed by atoms with Gasteiger partial charge in [-0.2, -0.15) is 0 Å². The normalized spacial score (nSPS) is 23.7. The van der Waals surface area contributed by atoms with Crippen LogP contribution in [0.5, 0.6) is 0 Å². The smallest absolute Gasteiger partial charge is 0.269 e. The van der Waals surface area contributed by atoms with Crippen LogP contribution in [0.3, 0.4) is 0 Å². The van der Waals surface area contributed by atoms with Crippen LogP contribution in [0.2, 0.25) is 0 Å². The van der Waals surface area contributed by atoms with Crippen LogP contribution in [0.15, 0.2) is 84.9 Å². The molecule has 292 valence electrons. The summed E-state index contributed by atoms with van der Waals surface area (Å²) >= 11 is 0. The van der Waals surface area contributed by atoms with Crippen LogP contribution in [0.4, 0.5) is 0 Å². The lowest BCUT2D eigenvalue weighted by Gasteiger charge is -2.17. The molecule has 2 aliphatic carbocycles. The Hall–Kier alpha value is -5.06. The van der Waals surface area contributed by atoms with Crippen LogP contribution in [-0.2, 0) is 9.47 Å². The molecule has 4 fully saturated rings. The van der Waals surface area contributed by atoms with Crippen LogP contribution >= 0.6 is 0 Å². The summed E-state index contributed by atoms with van der Waals surface area (Å²) in [6.07, 6.45) is 2.73. The van der Waals surface area contributed by atoms with Crippen molar-refractivity contribution in [2.75, 3.05) is 40.5 Å². The van der Waals surface area contributed by atoms with Crippen molar-refractivity contribution in [3.63, 3.8) is 0 Å². The van der Waals surface area contributed by atoms with Crippen LogP contribution in [-0.4, -0.2) is 73.9 Å². The molecule has 10 heteroatoms. The third-order valence-corrected chi connectivity index (χ3v) is 12.3. The van der Waals surface area contributed by atoms with Gasteiger partial charge in [-0.15, -0.1) is 0 Å². The van der Waals surface area contributed by atoms with Gasteiger partial charge in [-0.1, -0.05) is 74.5 Å². The fourth-order valence-corrected chi connectivity index (χ4v) is 8.86. The maximum atomic E-state index is 13.0. The number of ether oxygens (including phenoxy) is 2. The zero-order chi connectivity index (χ0) is 39.3. The van der Waals surface area contributed by atoms with E-state index in [4.69, 9.17) is 9.47 Å². The molecular weight excluding hydrogens is 705 g/mol. The molecule has 10 nitrogen and oxygen atoms in total. The first-order chi connectivity index (χ1) is 27.2. The minimum Gasteiger partial charge on any atom is -0.381 e. The molecule has 2 N–H and O–H groups in total. The SMILES string of the molecule is CC[C@@H](c1ccccc1)c1cc(C(=O)CC2[C@H]3COC[C@@H]23)cc(C(=O)NC)n1.CC[C@H](c1ccccc1)c1cc(C(=O)CC2[C@H]3COC[C@@H]23)cc(C(=O)NC)n1. The van der Waals surface area contributed by atoms with Gasteiger partial charge in [-0.3, -0.25) is 19.2 Å². The molecular formula is C46H52N4O6. The molecule has 2 unspecified atom stereocenters. The number of amides is 2. The highest BCUT2D eigenvalue weighted by atomic mass is 16.5. The molecule has 2 aliphatic heterocycles. The number of rotatable bonds is 14. The number of nitrogens with one attached hydrogen (secondary N) is 2. The minimum atomic E-state index is -0.268. The average molecular weight is 757 g/mol. The average Bonchev–Trinajstić information content (AvgIpc) is 3.82. The largest absolute Gasteiger partial charge is 0.381 e. The van der Waals surface area contributed by atoms with Gasteiger partial charge in [0.1, 0.15) is 11.4 Å². The van der Waals surface area contributed by atoms with Crippen molar-refractivity contribution >= 4 is 23.4 Å². The number of ketones is 2. The maximum absolute atomic E-state index is 13.0. The molecule has 56 heavy (non-hydrogen) atoms. The van der Waals surface area contributed by atoms with Crippen molar-refractivity contribution in [1.82, 2.24) is 20.6 Å². The Morgan fingerprint density at radius 3 is 1.27 bits per heavy atom. The fraction of sp³-hybridized carbons (Fsp3) is 0.435. The highest BCUT2D eigenvalue weighted by molar-refractivity contribution is 6.01. The molecule has 8 atom stereocenters. The lowest BCUT2D eigenvalue weighted by atomic mass is 9.91. The Kier molecular flexibility index (Phi) is 12.2. The number of hydrogen-bond donors (Lipinski definition) is 2. The van der Waals surface area contributed by atoms with Crippen LogP contribution in [0, 0.1) is 35.5 Å². The van der Waals surface area contributed by atoms with Gasteiger partial charge in [0.2, 0.25) is 0 Å². The Morgan fingerprint density at radius 1 is 0.589 bits per heavy atom. The lowest BCUT2D eigenvalue weighted by Crippen LogP contribution is -2.21. The van der Waals surface area contributed by atoms with Gasteiger partial charge in [0, 0.05) is 61.3 Å². The first-order valence-corrected chi connectivity index (χ1v) is 20.0. The number of aromatic nitrogens is 2. The van der Waals surface area contributed by atoms with E-state index < -0.39 is 0 Å². The third-order valence-electron chi connectivity index (χ3n) is 12.3. The van der Waals surface area contributed by atoms with Gasteiger partial charge in [0.25, 0.3) is 11.8 Å². The molecule has 2 saturated heterocycles. The van der Waals surface area contributed by atoms with Crippen LogP contribution in [0.25, 0.3) is 0 Å². The van der Waals surface area contributed by atoms with E-state index in [1.165, 1.54) is 0 Å². The molecule has 4 aromatic rings. The Bertz CT molecular complexity index is 1890. The number of carbonyl (C=O) groups excluding carboxylic acids is 4. The zero-order valence-electron chi connectivity index (χ0n) is 32.7. The zero-order valence-corrected chi connectivity index (χ0v) is 32.7. The molecule has 4 heterocycles. The first kappa shape index (κ1) is 39.2. The second-order valence-electron chi connectivity index (χ2n) is 15.5. The number of fused-ring (bicyclic) bond motifs is 2. The van der Waals surface area contributed by atoms with Crippen molar-refractivity contribution in [3.05, 3.63) is 130 Å². The Morgan fingerprint density at radius 2 is 0.946 bits per heavy atom. The summed E-state index contributed by atoms with van der Waals surface area (Å²) in [6.45, 7) is 7.30. The number of carbonyl (C=O) groups is 4. The number of Topliss-reactive ketones (excluding diaryl/α,β-unsaturated/α-hetero) is 2. The molecule has 0 spiro atoms. The molecule has 2 aromatic heterocycles. The summed E-state index contributed by atoms with van der Waals surface area (Å²) in [7, 11) is 3.16. The number of pyridine rings is 2. The minimum absolute atomic E-state index is 0.0473. The third kappa shape index (κ3) is 8.51. The molecule has 2 amide bonds. The fourth-order valence-electron chi connectivity index (χ4n) is 8.86. The van der Waals surface area contributed by atoms with E-state index in [0.29, 0.717) is 70.9 Å². The highest BCUT2D eigenvalue weighted by Gasteiger charge is 2.55. The van der Waals surface area contributed by atoms with Gasteiger partial charge in [0.15, 0.2) is 11.6 Å². The summed E-state index contributed by atoms with van der Waals surface area (Å²) < 4.78 is 10.9. The van der Waals surface area contributed by atoms with Gasteiger partial charge in [-0.05, 0) is 83.7 Å². The Balaban J connectivity index is 0.000000172. The topological polar surface area (TPSA) is 137 Å². The molecule has 4 aliphatic rings. The first-order valence-electron chi connectivity index (χ1n) is 20.0. The van der Waals surface area contributed by atoms with E-state index in [0.717, 1.165) is 61.8 Å². The van der Waals surface area contributed by atoms with E-state index in [2.05, 4.69) is 58.7 Å². The monoisotopic (exact) mass is 756 g/mol. The molecule has 0 bridgehead atoms. The lowest BCUT2D eigenvalue weighted by molar-refractivity contribution is 0.0937. The second-order valence-corrected chi connectivity index (χ2v) is 15.5. The molecule has 8 rings (SSSR count). The van der Waals surface area contributed by atoms with Crippen LogP contribution < -0.4 is 10.6 Å². The van der Waals surface area contributed by atoms with Crippen LogP contribution in [0.1, 0.15) is 116 Å². The van der Waals surface area contributed by atoms with Crippen molar-refractivity contribution in [3.8, 4) is 0 Å². The maximum Gasteiger partial charge on any atom is 0.269 e. The van der Waals surface area contributed by atoms with Gasteiger partial charge < -0.3 is 20.1 Å². The van der Waals surface area contributed by atoms with Crippen molar-refractivity contribution in [1.29, 1.82) is 0 Å². The number of benzene rings is 2. The van der Waals surface area contributed by atoms with Gasteiger partial charge in [0.05, 0.1) is 26.4 Å². The predicted octanol–water partition coefficient (Wildman–Crippen LogP) is 6.90. The predicted molar refractivity (Wildman–Crippen MR) is 213 cm³/mol. The standard InChI is InChI=1S/2C23H26N2O3/c2*1-3-16(14-7-5-4-6-8-14)20-9-15(10-21(25-20)23(27)24-2)22(26)11-17-18-12-28-13-19(17)18/h2*4-10,16-19H,3,11-13H2,1-2H3,(H,24,27)/t2*16-,17?,18-,19+/m10/s1.